The van der Waals surface area contributed by atoms with Gasteiger partial charge in [-0.1, -0.05) is 67.6 Å². The fraction of sp³-hybridized carbons (Fsp3) is 0.200. The molecule has 0 unspecified atom stereocenters. The topological polar surface area (TPSA) is 39.7 Å². The van der Waals surface area contributed by atoms with Gasteiger partial charge in [-0.15, -0.1) is 0 Å². The Kier molecular flexibility index (Phi) is 7.78. The average molecular weight is 481 g/mol. The van der Waals surface area contributed by atoms with Gasteiger partial charge in [0, 0.05) is 29.7 Å². The SMILES string of the molecule is C=CC1=C(N(C)c2ccc(C)cc2)CCc2cc(/C=N/NC(=S)Nc3ccccc3CC)ccc21. The Morgan fingerprint density at radius 3 is 2.60 bits per heavy atom. The van der Waals surface area contributed by atoms with Crippen molar-refractivity contribution in [1.82, 2.24) is 5.43 Å². The lowest BCUT2D eigenvalue weighted by atomic mass is 9.87. The molecule has 1 aliphatic rings. The summed E-state index contributed by atoms with van der Waals surface area (Å²) in [5.74, 6) is 0. The van der Waals surface area contributed by atoms with E-state index in [0.717, 1.165) is 30.5 Å². The molecule has 35 heavy (non-hydrogen) atoms. The summed E-state index contributed by atoms with van der Waals surface area (Å²) in [4.78, 5) is 2.28. The molecule has 1 aliphatic carbocycles. The van der Waals surface area contributed by atoms with Gasteiger partial charge in [-0.25, -0.2) is 0 Å². The number of aryl methyl sites for hydroxylation is 3. The molecule has 178 valence electrons. The number of benzene rings is 3. The summed E-state index contributed by atoms with van der Waals surface area (Å²) < 4.78 is 0. The third-order valence-corrected chi connectivity index (χ3v) is 6.61. The van der Waals surface area contributed by atoms with Crippen molar-refractivity contribution >= 4 is 40.5 Å². The second-order valence-electron chi connectivity index (χ2n) is 8.71. The van der Waals surface area contributed by atoms with E-state index in [9.17, 15) is 0 Å². The lowest BCUT2D eigenvalue weighted by molar-refractivity contribution is 0.870. The average Bonchev–Trinajstić information content (AvgIpc) is 2.88. The minimum absolute atomic E-state index is 0.473. The van der Waals surface area contributed by atoms with E-state index in [1.54, 1.807) is 0 Å². The Bertz CT molecular complexity index is 1290. The molecular weight excluding hydrogens is 448 g/mol. The normalized spacial score (nSPS) is 12.9. The minimum atomic E-state index is 0.473. The lowest BCUT2D eigenvalue weighted by Gasteiger charge is -2.30. The molecule has 0 spiro atoms. The van der Waals surface area contributed by atoms with Gasteiger partial charge in [0.05, 0.1) is 6.21 Å². The molecule has 2 N–H and O–H groups in total. The number of thiocarbonyl (C=S) groups is 1. The van der Waals surface area contributed by atoms with Crippen LogP contribution in [-0.2, 0) is 12.8 Å². The van der Waals surface area contributed by atoms with Gasteiger partial charge in [0.2, 0.25) is 0 Å². The summed E-state index contributed by atoms with van der Waals surface area (Å²) in [5.41, 5.74) is 13.7. The Morgan fingerprint density at radius 2 is 1.86 bits per heavy atom. The number of allylic oxidation sites excluding steroid dienone is 3. The molecule has 0 aliphatic heterocycles. The zero-order valence-corrected chi connectivity index (χ0v) is 21.5. The van der Waals surface area contributed by atoms with Crippen molar-refractivity contribution in [3.63, 3.8) is 0 Å². The molecule has 0 atom stereocenters. The molecule has 0 bridgehead atoms. The molecule has 0 heterocycles. The van der Waals surface area contributed by atoms with Crippen molar-refractivity contribution in [3.05, 3.63) is 113 Å². The van der Waals surface area contributed by atoms with Crippen LogP contribution >= 0.6 is 12.2 Å². The second kappa shape index (κ2) is 11.2. The number of rotatable bonds is 7. The maximum Gasteiger partial charge on any atom is 0.191 e. The van der Waals surface area contributed by atoms with Crippen molar-refractivity contribution in [2.24, 2.45) is 5.10 Å². The van der Waals surface area contributed by atoms with Crippen LogP contribution in [0.4, 0.5) is 11.4 Å². The largest absolute Gasteiger partial charge is 0.348 e. The summed E-state index contributed by atoms with van der Waals surface area (Å²) in [6.07, 6.45) is 6.66. The first-order chi connectivity index (χ1) is 17.0. The third kappa shape index (κ3) is 5.69. The highest BCUT2D eigenvalue weighted by molar-refractivity contribution is 7.80. The van der Waals surface area contributed by atoms with E-state index in [1.807, 2.05) is 30.5 Å². The number of nitrogens with zero attached hydrogens (tertiary/aromatic N) is 2. The van der Waals surface area contributed by atoms with Crippen LogP contribution < -0.4 is 15.6 Å². The Labute approximate surface area is 214 Å². The molecule has 4 nitrogen and oxygen atoms in total. The monoisotopic (exact) mass is 480 g/mol. The molecule has 5 heteroatoms. The molecule has 0 saturated heterocycles. The van der Waals surface area contributed by atoms with Crippen molar-refractivity contribution in [2.45, 2.75) is 33.1 Å². The quantitative estimate of drug-likeness (QED) is 0.220. The molecular formula is C30H32N4S. The van der Waals surface area contributed by atoms with Crippen LogP contribution in [0.25, 0.3) is 5.57 Å². The van der Waals surface area contributed by atoms with Crippen LogP contribution in [0.3, 0.4) is 0 Å². The number of nitrogens with one attached hydrogen (secondary N) is 2. The van der Waals surface area contributed by atoms with Crippen molar-refractivity contribution in [3.8, 4) is 0 Å². The summed E-state index contributed by atoms with van der Waals surface area (Å²) in [7, 11) is 2.14. The van der Waals surface area contributed by atoms with Crippen LogP contribution in [0.5, 0.6) is 0 Å². The zero-order valence-electron chi connectivity index (χ0n) is 20.6. The van der Waals surface area contributed by atoms with E-state index < -0.39 is 0 Å². The minimum Gasteiger partial charge on any atom is -0.348 e. The van der Waals surface area contributed by atoms with Gasteiger partial charge in [0.25, 0.3) is 0 Å². The van der Waals surface area contributed by atoms with E-state index in [4.69, 9.17) is 12.2 Å². The number of anilines is 2. The predicted molar refractivity (Wildman–Crippen MR) is 154 cm³/mol. The molecule has 0 radical (unpaired) electrons. The van der Waals surface area contributed by atoms with E-state index >= 15 is 0 Å². The predicted octanol–water partition coefficient (Wildman–Crippen LogP) is 6.86. The first-order valence-electron chi connectivity index (χ1n) is 12.0. The number of para-hydroxylation sites is 1. The molecule has 3 aromatic carbocycles. The van der Waals surface area contributed by atoms with Gasteiger partial charge in [-0.2, -0.15) is 5.10 Å². The summed E-state index contributed by atoms with van der Waals surface area (Å²) >= 11 is 5.41. The van der Waals surface area contributed by atoms with E-state index in [0.29, 0.717) is 5.11 Å². The fourth-order valence-corrected chi connectivity index (χ4v) is 4.64. The highest BCUT2D eigenvalue weighted by Crippen LogP contribution is 2.35. The van der Waals surface area contributed by atoms with Crippen LogP contribution in [0.1, 0.15) is 41.2 Å². The van der Waals surface area contributed by atoms with Crippen LogP contribution in [0.2, 0.25) is 0 Å². The Balaban J connectivity index is 1.47. The number of hydrogen-bond donors (Lipinski definition) is 2. The maximum atomic E-state index is 5.41. The van der Waals surface area contributed by atoms with Gasteiger partial charge < -0.3 is 10.2 Å². The Hall–Kier alpha value is -3.70. The van der Waals surface area contributed by atoms with Gasteiger partial charge >= 0.3 is 0 Å². The van der Waals surface area contributed by atoms with E-state index in [1.165, 1.54) is 39.2 Å². The van der Waals surface area contributed by atoms with Crippen molar-refractivity contribution in [2.75, 3.05) is 17.3 Å². The van der Waals surface area contributed by atoms with Crippen LogP contribution in [-0.4, -0.2) is 18.4 Å². The molecule has 0 aromatic heterocycles. The zero-order chi connectivity index (χ0) is 24.8. The molecule has 0 saturated carbocycles. The first-order valence-corrected chi connectivity index (χ1v) is 12.4. The summed E-state index contributed by atoms with van der Waals surface area (Å²) in [6.45, 7) is 8.36. The number of hydrazone groups is 1. The van der Waals surface area contributed by atoms with Gasteiger partial charge in [0.1, 0.15) is 0 Å². The smallest absolute Gasteiger partial charge is 0.191 e. The van der Waals surface area contributed by atoms with Gasteiger partial charge in [-0.05, 0) is 84.9 Å². The number of fused-ring (bicyclic) bond motifs is 1. The highest BCUT2D eigenvalue weighted by atomic mass is 32.1. The lowest BCUT2D eigenvalue weighted by Crippen LogP contribution is -2.24. The van der Waals surface area contributed by atoms with Gasteiger partial charge in [0.15, 0.2) is 5.11 Å². The van der Waals surface area contributed by atoms with Crippen molar-refractivity contribution < 1.29 is 0 Å². The maximum absolute atomic E-state index is 5.41. The summed E-state index contributed by atoms with van der Waals surface area (Å²) in [6, 6.07) is 23.3. The van der Waals surface area contributed by atoms with E-state index in [-0.39, 0.29) is 0 Å². The van der Waals surface area contributed by atoms with Crippen LogP contribution in [0.15, 0.2) is 90.2 Å². The molecule has 3 aromatic rings. The Morgan fingerprint density at radius 1 is 1.09 bits per heavy atom. The van der Waals surface area contributed by atoms with Gasteiger partial charge in [-0.3, -0.25) is 5.43 Å². The van der Waals surface area contributed by atoms with Crippen molar-refractivity contribution in [1.29, 1.82) is 0 Å². The van der Waals surface area contributed by atoms with E-state index in [2.05, 4.69) is 96.7 Å². The molecule has 4 rings (SSSR count). The van der Waals surface area contributed by atoms with Crippen LogP contribution in [0, 0.1) is 6.92 Å². The molecule has 0 fully saturated rings. The number of hydrogen-bond acceptors (Lipinski definition) is 3. The molecule has 0 amide bonds. The third-order valence-electron chi connectivity index (χ3n) is 6.42. The summed E-state index contributed by atoms with van der Waals surface area (Å²) in [5, 5.41) is 8.05. The standard InChI is InChI=1S/C30H32N4S/c1-5-23-9-7-8-10-28(23)32-30(35)33-31-20-22-13-17-27-24(19-22)14-18-29(26(27)6-2)34(4)25-15-11-21(3)12-16-25/h6-13,15-17,19-20H,2,5,14,18H2,1,3-4H3,(H2,32,33,35)/b31-20+. The highest BCUT2D eigenvalue weighted by Gasteiger charge is 2.20. The first kappa shape index (κ1) is 24.4. The second-order valence-corrected chi connectivity index (χ2v) is 9.12. The fourth-order valence-electron chi connectivity index (χ4n) is 4.47.